The van der Waals surface area contributed by atoms with Gasteiger partial charge in [-0.25, -0.2) is 14.6 Å². The summed E-state index contributed by atoms with van der Waals surface area (Å²) in [5.74, 6) is 0.555. The maximum atomic E-state index is 12.8. The van der Waals surface area contributed by atoms with Crippen LogP contribution in [0, 0.1) is 0 Å². The van der Waals surface area contributed by atoms with E-state index in [1.54, 1.807) is 48.4 Å². The summed E-state index contributed by atoms with van der Waals surface area (Å²) in [7, 11) is 3.35. The molecule has 128 valence electrons. The van der Waals surface area contributed by atoms with Gasteiger partial charge in [-0.05, 0) is 25.1 Å². The highest BCUT2D eigenvalue weighted by Gasteiger charge is 2.21. The second-order valence-corrected chi connectivity index (χ2v) is 5.57. The van der Waals surface area contributed by atoms with Crippen LogP contribution < -0.4 is 4.74 Å². The first-order valence-electron chi connectivity index (χ1n) is 7.83. The van der Waals surface area contributed by atoms with Gasteiger partial charge in [0.15, 0.2) is 0 Å². The molecule has 0 N–H and O–H groups in total. The van der Waals surface area contributed by atoms with Crippen molar-refractivity contribution in [1.29, 1.82) is 0 Å². The fourth-order valence-electron chi connectivity index (χ4n) is 2.51. The number of aromatic nitrogens is 4. The van der Waals surface area contributed by atoms with Crippen LogP contribution in [0.1, 0.15) is 29.0 Å². The first kappa shape index (κ1) is 16.6. The summed E-state index contributed by atoms with van der Waals surface area (Å²) in [5, 5.41) is 4.29. The van der Waals surface area contributed by atoms with Gasteiger partial charge in [0.25, 0.3) is 5.91 Å². The van der Waals surface area contributed by atoms with Crippen LogP contribution in [-0.2, 0) is 0 Å². The highest BCUT2D eigenvalue weighted by molar-refractivity contribution is 5.93. The number of carbonyl (C=O) groups is 1. The summed E-state index contributed by atoms with van der Waals surface area (Å²) in [6, 6.07) is 9.13. The molecule has 0 radical (unpaired) electrons. The molecule has 7 nitrogen and oxygen atoms in total. The minimum absolute atomic E-state index is 0.132. The van der Waals surface area contributed by atoms with E-state index < -0.39 is 0 Å². The molecular formula is C18H19N5O2. The molecule has 3 rings (SSSR count). The quantitative estimate of drug-likeness (QED) is 0.715. The van der Waals surface area contributed by atoms with E-state index in [9.17, 15) is 4.79 Å². The zero-order chi connectivity index (χ0) is 17.8. The summed E-state index contributed by atoms with van der Waals surface area (Å²) in [5.41, 5.74) is 2.05. The van der Waals surface area contributed by atoms with E-state index in [4.69, 9.17) is 4.74 Å². The summed E-state index contributed by atoms with van der Waals surface area (Å²) in [6.07, 6.45) is 6.39. The van der Waals surface area contributed by atoms with Crippen molar-refractivity contribution in [3.8, 4) is 11.4 Å². The van der Waals surface area contributed by atoms with Gasteiger partial charge in [-0.3, -0.25) is 4.79 Å². The van der Waals surface area contributed by atoms with Crippen molar-refractivity contribution in [3.63, 3.8) is 0 Å². The molecule has 2 aromatic heterocycles. The van der Waals surface area contributed by atoms with Crippen molar-refractivity contribution in [3.05, 3.63) is 66.5 Å². The Morgan fingerprint density at radius 1 is 1.28 bits per heavy atom. The molecule has 25 heavy (non-hydrogen) atoms. The van der Waals surface area contributed by atoms with Gasteiger partial charge in [-0.2, -0.15) is 5.10 Å². The average molecular weight is 337 g/mol. The molecule has 0 aliphatic heterocycles. The third kappa shape index (κ3) is 3.35. The highest BCUT2D eigenvalue weighted by Crippen LogP contribution is 2.23. The molecule has 0 fully saturated rings. The second kappa shape index (κ2) is 7.12. The fraction of sp³-hybridized carbons (Fsp3) is 0.222. The van der Waals surface area contributed by atoms with E-state index in [1.807, 2.05) is 31.2 Å². The molecule has 0 bridgehead atoms. The van der Waals surface area contributed by atoms with Gasteiger partial charge < -0.3 is 9.64 Å². The highest BCUT2D eigenvalue weighted by atomic mass is 16.5. The van der Waals surface area contributed by atoms with Crippen molar-refractivity contribution >= 4 is 5.91 Å². The van der Waals surface area contributed by atoms with E-state index in [0.717, 1.165) is 11.4 Å². The van der Waals surface area contributed by atoms with Crippen LogP contribution in [0.2, 0.25) is 0 Å². The standard InChI is InChI=1S/C18H19N5O2/c1-13(15-8-9-19-12-20-15)22(2)18(24)14-10-21-23(11-14)16-6-4-5-7-17(16)25-3/h4-13H,1-3H3/t13-/m1/s1. The minimum atomic E-state index is -0.176. The number of nitrogens with zero attached hydrogens (tertiary/aromatic N) is 5. The number of hydrogen-bond acceptors (Lipinski definition) is 5. The predicted octanol–water partition coefficient (Wildman–Crippen LogP) is 2.50. The zero-order valence-electron chi connectivity index (χ0n) is 14.3. The maximum Gasteiger partial charge on any atom is 0.257 e. The fourth-order valence-corrected chi connectivity index (χ4v) is 2.51. The Morgan fingerprint density at radius 2 is 2.08 bits per heavy atom. The van der Waals surface area contributed by atoms with Gasteiger partial charge in [0.1, 0.15) is 17.8 Å². The number of rotatable bonds is 5. The third-order valence-electron chi connectivity index (χ3n) is 4.10. The summed E-state index contributed by atoms with van der Waals surface area (Å²) < 4.78 is 6.98. The number of carbonyl (C=O) groups excluding carboxylic acids is 1. The van der Waals surface area contributed by atoms with Crippen LogP contribution in [0.5, 0.6) is 5.75 Å². The molecule has 3 aromatic rings. The van der Waals surface area contributed by atoms with E-state index in [2.05, 4.69) is 15.1 Å². The number of benzene rings is 1. The Balaban J connectivity index is 1.83. The summed E-state index contributed by atoms with van der Waals surface area (Å²) in [4.78, 5) is 22.5. The second-order valence-electron chi connectivity index (χ2n) is 5.57. The maximum absolute atomic E-state index is 12.8. The molecule has 7 heteroatoms. The molecule has 0 aliphatic carbocycles. The average Bonchev–Trinajstić information content (AvgIpc) is 3.16. The number of para-hydroxylation sites is 2. The Bertz CT molecular complexity index is 863. The SMILES string of the molecule is COc1ccccc1-n1cc(C(=O)N(C)[C@H](C)c2ccncn2)cn1. The lowest BCUT2D eigenvalue weighted by Crippen LogP contribution is -2.29. The molecule has 2 heterocycles. The number of amides is 1. The lowest BCUT2D eigenvalue weighted by Gasteiger charge is -2.23. The molecule has 0 spiro atoms. The molecule has 1 amide bonds. The molecule has 1 atom stereocenters. The van der Waals surface area contributed by atoms with Gasteiger partial charge >= 0.3 is 0 Å². The molecule has 0 unspecified atom stereocenters. The molecule has 1 aromatic carbocycles. The first-order valence-corrected chi connectivity index (χ1v) is 7.83. The van der Waals surface area contributed by atoms with E-state index >= 15 is 0 Å². The van der Waals surface area contributed by atoms with Crippen LogP contribution in [0.3, 0.4) is 0 Å². The van der Waals surface area contributed by atoms with Gasteiger partial charge in [0, 0.05) is 19.4 Å². The van der Waals surface area contributed by atoms with Crippen molar-refractivity contribution in [2.24, 2.45) is 0 Å². The normalized spacial score (nSPS) is 11.8. The van der Waals surface area contributed by atoms with E-state index in [-0.39, 0.29) is 11.9 Å². The van der Waals surface area contributed by atoms with Crippen molar-refractivity contribution in [1.82, 2.24) is 24.6 Å². The molecular weight excluding hydrogens is 318 g/mol. The lowest BCUT2D eigenvalue weighted by atomic mass is 10.2. The third-order valence-corrected chi connectivity index (χ3v) is 4.10. The zero-order valence-corrected chi connectivity index (χ0v) is 14.3. The van der Waals surface area contributed by atoms with Crippen molar-refractivity contribution in [2.75, 3.05) is 14.2 Å². The Labute approximate surface area is 145 Å². The van der Waals surface area contributed by atoms with Crippen molar-refractivity contribution in [2.45, 2.75) is 13.0 Å². The number of methoxy groups -OCH3 is 1. The van der Waals surface area contributed by atoms with Crippen LogP contribution >= 0.6 is 0 Å². The Morgan fingerprint density at radius 3 is 2.80 bits per heavy atom. The topological polar surface area (TPSA) is 73.1 Å². The van der Waals surface area contributed by atoms with Crippen LogP contribution in [0.15, 0.2) is 55.2 Å². The Hall–Kier alpha value is -3.22. The van der Waals surface area contributed by atoms with Gasteiger partial charge in [-0.1, -0.05) is 12.1 Å². The largest absolute Gasteiger partial charge is 0.494 e. The van der Waals surface area contributed by atoms with Gasteiger partial charge in [0.2, 0.25) is 0 Å². The van der Waals surface area contributed by atoms with Crippen molar-refractivity contribution < 1.29 is 9.53 Å². The van der Waals surface area contributed by atoms with Gasteiger partial charge in [0.05, 0.1) is 30.6 Å². The number of hydrogen-bond donors (Lipinski definition) is 0. The van der Waals surface area contributed by atoms with Crippen LogP contribution in [-0.4, -0.2) is 44.7 Å². The van der Waals surface area contributed by atoms with E-state index in [0.29, 0.717) is 11.3 Å². The van der Waals surface area contributed by atoms with Gasteiger partial charge in [-0.15, -0.1) is 0 Å². The smallest absolute Gasteiger partial charge is 0.257 e. The molecule has 0 saturated heterocycles. The molecule has 0 aliphatic rings. The lowest BCUT2D eigenvalue weighted by molar-refractivity contribution is 0.0739. The summed E-state index contributed by atoms with van der Waals surface area (Å²) in [6.45, 7) is 1.92. The minimum Gasteiger partial charge on any atom is -0.494 e. The molecule has 0 saturated carbocycles. The van der Waals surface area contributed by atoms with Crippen LogP contribution in [0.25, 0.3) is 5.69 Å². The number of ether oxygens (including phenoxy) is 1. The predicted molar refractivity (Wildman–Crippen MR) is 92.7 cm³/mol. The van der Waals surface area contributed by atoms with Crippen LogP contribution in [0.4, 0.5) is 0 Å². The first-order chi connectivity index (χ1) is 12.1. The van der Waals surface area contributed by atoms with E-state index in [1.165, 1.54) is 6.33 Å². The summed E-state index contributed by atoms with van der Waals surface area (Å²) >= 11 is 0. The monoisotopic (exact) mass is 337 g/mol. The Kier molecular flexibility index (Phi) is 4.74.